The van der Waals surface area contributed by atoms with Gasteiger partial charge in [0, 0.05) is 32.9 Å². The molecule has 132 valence electrons. The van der Waals surface area contributed by atoms with Crippen LogP contribution in [-0.2, 0) is 14.3 Å². The number of amides is 1. The zero-order valence-corrected chi connectivity index (χ0v) is 14.9. The molecule has 1 heterocycles. The van der Waals surface area contributed by atoms with Crippen molar-refractivity contribution < 1.29 is 14.3 Å². The number of hydrogen-bond donors (Lipinski definition) is 0. The van der Waals surface area contributed by atoms with E-state index in [1.807, 2.05) is 49.3 Å². The SMILES string of the molecule is C[C@@H](OC(=O)/C(C#N)=C/c1ccc(N(C)C)cc1)C(=O)N1CCCC1. The molecule has 2 rings (SSSR count). The molecule has 1 atom stereocenters. The molecule has 0 aliphatic carbocycles. The standard InChI is InChI=1S/C19H23N3O3/c1-14(18(23)22-10-4-5-11-22)25-19(24)16(13-20)12-15-6-8-17(9-7-15)21(2)3/h6-9,12,14H,4-5,10-11H2,1-3H3/b16-12+/t14-/m1/s1. The van der Waals surface area contributed by atoms with Gasteiger partial charge in [-0.05, 0) is 43.5 Å². The van der Waals surface area contributed by atoms with Crippen LogP contribution in [0.25, 0.3) is 6.08 Å². The fourth-order valence-electron chi connectivity index (χ4n) is 2.64. The summed E-state index contributed by atoms with van der Waals surface area (Å²) in [4.78, 5) is 28.0. The highest BCUT2D eigenvalue weighted by molar-refractivity contribution is 5.99. The summed E-state index contributed by atoms with van der Waals surface area (Å²) < 4.78 is 5.18. The monoisotopic (exact) mass is 341 g/mol. The first-order valence-electron chi connectivity index (χ1n) is 8.31. The second-order valence-electron chi connectivity index (χ2n) is 6.24. The number of nitriles is 1. The topological polar surface area (TPSA) is 73.6 Å². The molecule has 0 spiro atoms. The Kier molecular flexibility index (Phi) is 6.18. The number of rotatable bonds is 5. The highest BCUT2D eigenvalue weighted by Crippen LogP contribution is 2.16. The van der Waals surface area contributed by atoms with E-state index in [-0.39, 0.29) is 11.5 Å². The van der Waals surface area contributed by atoms with Crippen LogP contribution in [0.2, 0.25) is 0 Å². The normalized spacial score (nSPS) is 15.4. The van der Waals surface area contributed by atoms with Gasteiger partial charge in [-0.3, -0.25) is 4.79 Å². The minimum Gasteiger partial charge on any atom is -0.448 e. The Morgan fingerprint density at radius 2 is 1.84 bits per heavy atom. The van der Waals surface area contributed by atoms with E-state index in [0.29, 0.717) is 13.1 Å². The minimum atomic E-state index is -0.890. The quantitative estimate of drug-likeness (QED) is 0.466. The van der Waals surface area contributed by atoms with Crippen molar-refractivity contribution >= 4 is 23.6 Å². The fraction of sp³-hybridized carbons (Fsp3) is 0.421. The highest BCUT2D eigenvalue weighted by atomic mass is 16.5. The Hall–Kier alpha value is -2.81. The van der Waals surface area contributed by atoms with E-state index in [0.717, 1.165) is 24.1 Å². The number of nitrogens with zero attached hydrogens (tertiary/aromatic N) is 3. The lowest BCUT2D eigenvalue weighted by Gasteiger charge is -2.20. The van der Waals surface area contributed by atoms with Crippen molar-refractivity contribution in [3.05, 3.63) is 35.4 Å². The maximum atomic E-state index is 12.2. The van der Waals surface area contributed by atoms with Gasteiger partial charge in [-0.15, -0.1) is 0 Å². The molecule has 0 aromatic heterocycles. The second kappa shape index (κ2) is 8.34. The second-order valence-corrected chi connectivity index (χ2v) is 6.24. The van der Waals surface area contributed by atoms with Gasteiger partial charge in [-0.1, -0.05) is 12.1 Å². The summed E-state index contributed by atoms with van der Waals surface area (Å²) in [6.07, 6.45) is 2.52. The Labute approximate surface area is 148 Å². The largest absolute Gasteiger partial charge is 0.448 e. The smallest absolute Gasteiger partial charge is 0.349 e. The molecule has 0 radical (unpaired) electrons. The molecule has 1 saturated heterocycles. The average Bonchev–Trinajstić information content (AvgIpc) is 3.13. The fourth-order valence-corrected chi connectivity index (χ4v) is 2.64. The summed E-state index contributed by atoms with van der Waals surface area (Å²) >= 11 is 0. The van der Waals surface area contributed by atoms with Crippen molar-refractivity contribution in [3.8, 4) is 6.07 Å². The van der Waals surface area contributed by atoms with Crippen LogP contribution in [0.5, 0.6) is 0 Å². The van der Waals surface area contributed by atoms with Crippen molar-refractivity contribution in [3.63, 3.8) is 0 Å². The van der Waals surface area contributed by atoms with Crippen LogP contribution in [-0.4, -0.2) is 50.1 Å². The van der Waals surface area contributed by atoms with E-state index in [1.165, 1.54) is 6.08 Å². The molecule has 6 heteroatoms. The number of carbonyl (C=O) groups excluding carboxylic acids is 2. The number of carbonyl (C=O) groups is 2. The maximum Gasteiger partial charge on any atom is 0.349 e. The summed E-state index contributed by atoms with van der Waals surface area (Å²) in [7, 11) is 3.86. The van der Waals surface area contributed by atoms with Crippen LogP contribution in [0.4, 0.5) is 5.69 Å². The lowest BCUT2D eigenvalue weighted by molar-refractivity contribution is -0.155. The van der Waals surface area contributed by atoms with Crippen molar-refractivity contribution in [2.75, 3.05) is 32.1 Å². The van der Waals surface area contributed by atoms with Gasteiger partial charge in [0.15, 0.2) is 6.10 Å². The summed E-state index contributed by atoms with van der Waals surface area (Å²) in [6, 6.07) is 9.28. The van der Waals surface area contributed by atoms with Crippen molar-refractivity contribution in [2.45, 2.75) is 25.9 Å². The molecule has 0 saturated carbocycles. The predicted molar refractivity (Wildman–Crippen MR) is 95.7 cm³/mol. The molecular formula is C19H23N3O3. The minimum absolute atomic E-state index is 0.126. The van der Waals surface area contributed by atoms with E-state index in [1.54, 1.807) is 11.8 Å². The third-order valence-electron chi connectivity index (χ3n) is 4.11. The van der Waals surface area contributed by atoms with E-state index >= 15 is 0 Å². The van der Waals surface area contributed by atoms with Crippen LogP contribution in [0.1, 0.15) is 25.3 Å². The molecule has 0 N–H and O–H groups in total. The summed E-state index contributed by atoms with van der Waals surface area (Å²) in [5, 5.41) is 9.24. The third-order valence-corrected chi connectivity index (χ3v) is 4.11. The number of ether oxygens (including phenoxy) is 1. The molecule has 6 nitrogen and oxygen atoms in total. The lowest BCUT2D eigenvalue weighted by Crippen LogP contribution is -2.38. The van der Waals surface area contributed by atoms with Crippen LogP contribution in [0.3, 0.4) is 0 Å². The summed E-state index contributed by atoms with van der Waals surface area (Å²) in [5.41, 5.74) is 1.61. The van der Waals surface area contributed by atoms with Crippen LogP contribution in [0.15, 0.2) is 29.8 Å². The molecule has 1 aromatic carbocycles. The van der Waals surface area contributed by atoms with Gasteiger partial charge in [0.2, 0.25) is 0 Å². The first-order valence-corrected chi connectivity index (χ1v) is 8.31. The Morgan fingerprint density at radius 1 is 1.24 bits per heavy atom. The molecule has 1 aromatic rings. The number of anilines is 1. The predicted octanol–water partition coefficient (Wildman–Crippen LogP) is 2.21. The first-order chi connectivity index (χ1) is 11.9. The van der Waals surface area contributed by atoms with Crippen LogP contribution >= 0.6 is 0 Å². The number of likely N-dealkylation sites (tertiary alicyclic amines) is 1. The highest BCUT2D eigenvalue weighted by Gasteiger charge is 2.26. The number of hydrogen-bond acceptors (Lipinski definition) is 5. The first kappa shape index (κ1) is 18.5. The molecule has 1 aliphatic rings. The van der Waals surface area contributed by atoms with Gasteiger partial charge in [-0.25, -0.2) is 4.79 Å². The van der Waals surface area contributed by atoms with Gasteiger partial charge in [-0.2, -0.15) is 5.26 Å². The average molecular weight is 341 g/mol. The maximum absolute atomic E-state index is 12.2. The molecular weight excluding hydrogens is 318 g/mol. The Balaban J connectivity index is 2.04. The molecule has 0 bridgehead atoms. The van der Waals surface area contributed by atoms with E-state index in [4.69, 9.17) is 4.74 Å². The van der Waals surface area contributed by atoms with E-state index in [2.05, 4.69) is 0 Å². The molecule has 1 fully saturated rings. The zero-order valence-electron chi connectivity index (χ0n) is 14.9. The van der Waals surface area contributed by atoms with Gasteiger partial charge >= 0.3 is 5.97 Å². The third kappa shape index (κ3) is 4.83. The van der Waals surface area contributed by atoms with Crippen molar-refractivity contribution in [1.82, 2.24) is 4.90 Å². The van der Waals surface area contributed by atoms with Crippen LogP contribution in [0, 0.1) is 11.3 Å². The Bertz CT molecular complexity index is 696. The van der Waals surface area contributed by atoms with Gasteiger partial charge in [0.1, 0.15) is 11.6 Å². The molecule has 1 aliphatic heterocycles. The number of esters is 1. The van der Waals surface area contributed by atoms with Gasteiger partial charge < -0.3 is 14.5 Å². The summed E-state index contributed by atoms with van der Waals surface area (Å²) in [5.74, 6) is -0.988. The van der Waals surface area contributed by atoms with E-state index in [9.17, 15) is 14.9 Å². The summed E-state index contributed by atoms with van der Waals surface area (Å²) in [6.45, 7) is 2.93. The zero-order chi connectivity index (χ0) is 18.4. The van der Waals surface area contributed by atoms with Crippen LogP contribution < -0.4 is 4.90 Å². The van der Waals surface area contributed by atoms with Gasteiger partial charge in [0.05, 0.1) is 0 Å². The van der Waals surface area contributed by atoms with Crippen molar-refractivity contribution in [1.29, 1.82) is 5.26 Å². The Morgan fingerprint density at radius 3 is 2.36 bits per heavy atom. The van der Waals surface area contributed by atoms with Crippen molar-refractivity contribution in [2.24, 2.45) is 0 Å². The van der Waals surface area contributed by atoms with Gasteiger partial charge in [0.25, 0.3) is 5.91 Å². The van der Waals surface area contributed by atoms with E-state index < -0.39 is 12.1 Å². The molecule has 0 unspecified atom stereocenters. The lowest BCUT2D eigenvalue weighted by atomic mass is 10.1. The molecule has 25 heavy (non-hydrogen) atoms. The molecule has 1 amide bonds. The number of benzene rings is 1.